The zero-order chi connectivity index (χ0) is 33.1. The molecule has 3 aliphatic rings. The van der Waals surface area contributed by atoms with Crippen molar-refractivity contribution < 1.29 is 23.0 Å². The minimum absolute atomic E-state index is 0.117. The number of benzene rings is 2. The van der Waals surface area contributed by atoms with Gasteiger partial charge in [-0.1, -0.05) is 24.3 Å². The second-order valence-electron chi connectivity index (χ2n) is 12.7. The molecule has 47 heavy (non-hydrogen) atoms. The zero-order valence-corrected chi connectivity index (χ0v) is 27.6. The summed E-state index contributed by atoms with van der Waals surface area (Å²) in [5, 5.41) is 6.30. The van der Waals surface area contributed by atoms with E-state index in [1.165, 1.54) is 29.2 Å². The van der Waals surface area contributed by atoms with Crippen LogP contribution in [0.25, 0.3) is 17.0 Å². The van der Waals surface area contributed by atoms with Gasteiger partial charge >= 0.3 is 0 Å². The highest BCUT2D eigenvalue weighted by atomic mass is 32.2. The van der Waals surface area contributed by atoms with E-state index >= 15 is 0 Å². The van der Waals surface area contributed by atoms with Gasteiger partial charge in [-0.2, -0.15) is 0 Å². The Morgan fingerprint density at radius 1 is 1.02 bits per heavy atom. The van der Waals surface area contributed by atoms with E-state index in [0.29, 0.717) is 36.2 Å². The number of pyridine rings is 1. The molecule has 3 aromatic rings. The third-order valence-corrected chi connectivity index (χ3v) is 10.6. The number of carbonyl (C=O) groups is 3. The van der Waals surface area contributed by atoms with Crippen molar-refractivity contribution in [1.29, 1.82) is 0 Å². The molecule has 3 fully saturated rings. The predicted octanol–water partition coefficient (Wildman–Crippen LogP) is 3.67. The highest BCUT2D eigenvalue weighted by Crippen LogP contribution is 2.32. The molecule has 1 saturated carbocycles. The van der Waals surface area contributed by atoms with E-state index in [1.807, 2.05) is 29.4 Å². The number of allylic oxidation sites excluding steroid dienone is 1. The Balaban J connectivity index is 1.09. The molecule has 0 spiro atoms. The van der Waals surface area contributed by atoms with Gasteiger partial charge in [0.25, 0.3) is 5.91 Å². The van der Waals surface area contributed by atoms with Gasteiger partial charge in [0.2, 0.25) is 11.8 Å². The average molecular weight is 661 g/mol. The summed E-state index contributed by atoms with van der Waals surface area (Å²) in [5.74, 6) is -0.962. The largest absolute Gasteiger partial charge is 0.348 e. The van der Waals surface area contributed by atoms with Gasteiger partial charge in [-0.05, 0) is 93.1 Å². The van der Waals surface area contributed by atoms with Crippen LogP contribution in [0.2, 0.25) is 0 Å². The number of piperazine rings is 1. The summed E-state index contributed by atoms with van der Waals surface area (Å²) < 4.78 is 28.9. The van der Waals surface area contributed by atoms with Crippen LogP contribution in [-0.4, -0.2) is 93.4 Å². The van der Waals surface area contributed by atoms with Crippen molar-refractivity contribution in [3.05, 3.63) is 77.2 Å². The Kier molecular flexibility index (Phi) is 10.1. The highest BCUT2D eigenvalue weighted by Gasteiger charge is 2.35. The third kappa shape index (κ3) is 7.94. The van der Waals surface area contributed by atoms with Crippen molar-refractivity contribution >= 4 is 45.7 Å². The number of nitrogens with zero attached hydrogens (tertiary/aromatic N) is 4. The van der Waals surface area contributed by atoms with Crippen molar-refractivity contribution in [3.63, 3.8) is 0 Å². The summed E-state index contributed by atoms with van der Waals surface area (Å²) in [6, 6.07) is 12.0. The van der Waals surface area contributed by atoms with Crippen molar-refractivity contribution in [1.82, 2.24) is 29.7 Å². The molecular formula is C35H41FN6O4S. The van der Waals surface area contributed by atoms with E-state index in [9.17, 15) is 23.0 Å². The molecule has 0 bridgehead atoms. The van der Waals surface area contributed by atoms with Crippen molar-refractivity contribution in [2.45, 2.75) is 49.6 Å². The normalized spacial score (nSPS) is 20.4. The van der Waals surface area contributed by atoms with Crippen LogP contribution in [0, 0.1) is 11.7 Å². The van der Waals surface area contributed by atoms with E-state index < -0.39 is 22.9 Å². The van der Waals surface area contributed by atoms with Crippen LogP contribution in [0.1, 0.15) is 60.3 Å². The predicted molar refractivity (Wildman–Crippen MR) is 179 cm³/mol. The van der Waals surface area contributed by atoms with Crippen molar-refractivity contribution in [2.75, 3.05) is 46.3 Å². The maximum atomic E-state index is 13.5. The van der Waals surface area contributed by atoms with Gasteiger partial charge in [-0.15, -0.1) is 0 Å². The van der Waals surface area contributed by atoms with Crippen LogP contribution in [0.4, 0.5) is 4.39 Å². The summed E-state index contributed by atoms with van der Waals surface area (Å²) in [7, 11) is 0.801. The second-order valence-corrected chi connectivity index (χ2v) is 14.1. The molecule has 3 atom stereocenters. The fourth-order valence-corrected chi connectivity index (χ4v) is 7.33. The average Bonchev–Trinajstić information content (AvgIpc) is 3.78. The Bertz CT molecular complexity index is 1720. The quantitative estimate of drug-likeness (QED) is 0.343. The van der Waals surface area contributed by atoms with E-state index in [1.54, 1.807) is 6.07 Å². The molecule has 2 N–H and O–H groups in total. The fourth-order valence-electron chi connectivity index (χ4n) is 6.13. The number of fused-ring (bicyclic) bond motifs is 1. The first-order valence-corrected chi connectivity index (χ1v) is 17.4. The molecule has 2 aromatic carbocycles. The first-order valence-electron chi connectivity index (χ1n) is 16.3. The number of halogens is 1. The lowest BCUT2D eigenvalue weighted by atomic mass is 10.00. The zero-order valence-electron chi connectivity index (χ0n) is 26.8. The molecule has 6 rings (SSSR count). The van der Waals surface area contributed by atoms with E-state index in [2.05, 4.69) is 39.7 Å². The summed E-state index contributed by atoms with van der Waals surface area (Å²) in [4.78, 5) is 48.3. The third-order valence-electron chi connectivity index (χ3n) is 9.11. The van der Waals surface area contributed by atoms with Gasteiger partial charge < -0.3 is 20.4 Å². The first kappa shape index (κ1) is 32.9. The number of carbonyl (C=O) groups excluding carboxylic acids is 3. The maximum absolute atomic E-state index is 13.5. The van der Waals surface area contributed by atoms with E-state index in [0.717, 1.165) is 55.0 Å². The molecule has 3 heterocycles. The standard InChI is InChI=1S/C35H41FN6O4S/c1-23(29-12-11-28(21-25(29)8-7-24-5-6-24)47(46)41-18-16-40(2)17-19-41)38-35(45)32-4-3-15-42(32)33(43)22-37-34(44)31-13-9-26-20-27(36)10-14-30(26)39-31/h7-14,20-21,23-24,32H,3-6,15-19,22H2,1-2H3,(H,37,44)(H,38,45)/b8-7+/t23-,32?,47?/m0/s1. The Morgan fingerprint density at radius 3 is 2.57 bits per heavy atom. The molecule has 2 saturated heterocycles. The van der Waals surface area contributed by atoms with Crippen LogP contribution in [-0.2, 0) is 20.6 Å². The number of likely N-dealkylation sites (tertiary alicyclic amines) is 1. The lowest BCUT2D eigenvalue weighted by Gasteiger charge is -2.31. The smallest absolute Gasteiger partial charge is 0.270 e. The number of hydrogen-bond acceptors (Lipinski definition) is 6. The van der Waals surface area contributed by atoms with Crippen LogP contribution in [0.5, 0.6) is 0 Å². The van der Waals surface area contributed by atoms with Gasteiger partial charge in [0.1, 0.15) is 28.5 Å². The molecule has 2 unspecified atom stereocenters. The minimum Gasteiger partial charge on any atom is -0.348 e. The van der Waals surface area contributed by atoms with Crippen LogP contribution in [0.15, 0.2) is 59.5 Å². The monoisotopic (exact) mass is 660 g/mol. The Labute approximate surface area is 277 Å². The highest BCUT2D eigenvalue weighted by molar-refractivity contribution is 7.82. The van der Waals surface area contributed by atoms with E-state index in [-0.39, 0.29) is 35.9 Å². The van der Waals surface area contributed by atoms with Crippen molar-refractivity contribution in [3.8, 4) is 0 Å². The number of hydrogen-bond donors (Lipinski definition) is 2. The number of rotatable bonds is 10. The molecule has 2 aliphatic heterocycles. The summed E-state index contributed by atoms with van der Waals surface area (Å²) >= 11 is 0. The lowest BCUT2D eigenvalue weighted by molar-refractivity contribution is -0.137. The van der Waals surface area contributed by atoms with Gasteiger partial charge in [-0.3, -0.25) is 14.4 Å². The fraction of sp³-hybridized carbons (Fsp3) is 0.429. The van der Waals surface area contributed by atoms with Crippen LogP contribution in [0.3, 0.4) is 0 Å². The number of likely N-dealkylation sites (N-methyl/N-ethyl adjacent to an activating group) is 1. The van der Waals surface area contributed by atoms with Gasteiger partial charge in [-0.25, -0.2) is 17.9 Å². The van der Waals surface area contributed by atoms with Gasteiger partial charge in [0.05, 0.1) is 23.0 Å². The Hall–Kier alpha value is -4.00. The summed E-state index contributed by atoms with van der Waals surface area (Å²) in [6.45, 7) is 5.30. The number of amides is 3. The van der Waals surface area contributed by atoms with Gasteiger partial charge in [0.15, 0.2) is 0 Å². The SMILES string of the molecule is C[C@H](NC(=O)C1CCCN1C(=O)CNC(=O)c1ccc2cc(F)ccc2n1)c1ccc(S(=O)N2CCN(C)CC2)cc1/C=C/C1CC1. The second kappa shape index (κ2) is 14.4. The molecule has 12 heteroatoms. The summed E-state index contributed by atoms with van der Waals surface area (Å²) in [6.07, 6.45) is 7.80. The molecule has 10 nitrogen and oxygen atoms in total. The number of aromatic nitrogens is 1. The maximum Gasteiger partial charge on any atom is 0.270 e. The molecular weight excluding hydrogens is 619 g/mol. The molecule has 248 valence electrons. The van der Waals surface area contributed by atoms with Crippen LogP contribution < -0.4 is 10.6 Å². The molecule has 0 radical (unpaired) electrons. The van der Waals surface area contributed by atoms with Crippen molar-refractivity contribution in [2.24, 2.45) is 5.92 Å². The lowest BCUT2D eigenvalue weighted by Crippen LogP contribution is -2.49. The van der Waals surface area contributed by atoms with Crippen LogP contribution >= 0.6 is 0 Å². The van der Waals surface area contributed by atoms with Gasteiger partial charge in [0, 0.05) is 38.1 Å². The van der Waals surface area contributed by atoms with E-state index in [4.69, 9.17) is 0 Å². The summed E-state index contributed by atoms with van der Waals surface area (Å²) in [5.41, 5.74) is 2.44. The molecule has 3 amide bonds. The number of nitrogens with one attached hydrogen (secondary N) is 2. The minimum atomic E-state index is -1.27. The first-order chi connectivity index (χ1) is 22.7. The molecule has 1 aliphatic carbocycles. The topological polar surface area (TPSA) is 115 Å². The Morgan fingerprint density at radius 2 is 1.81 bits per heavy atom. The molecule has 1 aromatic heterocycles.